The highest BCUT2D eigenvalue weighted by Crippen LogP contribution is 2.34. The number of carbonyl (C=O) groups excluding carboxylic acids is 1. The van der Waals surface area contributed by atoms with Gasteiger partial charge in [0, 0.05) is 5.56 Å². The third kappa shape index (κ3) is 1.74. The summed E-state index contributed by atoms with van der Waals surface area (Å²) in [5.74, 6) is 0.250. The standard InChI is InChI=1S/C11H12N2O2S/c1-6(2)8-9(11(12)14)13-15-10(8)7-4-3-5-16-7/h3-6H,1-2H3,(H2,12,14). The Morgan fingerprint density at radius 2 is 2.31 bits per heavy atom. The van der Waals surface area contributed by atoms with Gasteiger partial charge in [-0.1, -0.05) is 25.1 Å². The molecule has 0 aliphatic heterocycles. The van der Waals surface area contributed by atoms with Gasteiger partial charge in [-0.15, -0.1) is 11.3 Å². The molecule has 2 rings (SSSR count). The fraction of sp³-hybridized carbons (Fsp3) is 0.273. The van der Waals surface area contributed by atoms with Crippen LogP contribution in [0.25, 0.3) is 10.6 Å². The topological polar surface area (TPSA) is 69.1 Å². The SMILES string of the molecule is CC(C)c1c(C(N)=O)noc1-c1cccs1. The molecule has 1 amide bonds. The normalized spacial score (nSPS) is 10.9. The van der Waals surface area contributed by atoms with Gasteiger partial charge in [0.05, 0.1) is 4.88 Å². The van der Waals surface area contributed by atoms with Gasteiger partial charge in [0.25, 0.3) is 5.91 Å². The average molecular weight is 236 g/mol. The minimum absolute atomic E-state index is 0.144. The summed E-state index contributed by atoms with van der Waals surface area (Å²) >= 11 is 1.55. The Hall–Kier alpha value is -1.62. The van der Waals surface area contributed by atoms with Crippen molar-refractivity contribution in [2.75, 3.05) is 0 Å². The highest BCUT2D eigenvalue weighted by Gasteiger charge is 2.23. The van der Waals surface area contributed by atoms with Crippen molar-refractivity contribution in [2.24, 2.45) is 5.73 Å². The van der Waals surface area contributed by atoms with Crippen LogP contribution in [0.4, 0.5) is 0 Å². The molecule has 4 nitrogen and oxygen atoms in total. The third-order valence-corrected chi connectivity index (χ3v) is 3.15. The number of carbonyl (C=O) groups is 1. The third-order valence-electron chi connectivity index (χ3n) is 2.28. The van der Waals surface area contributed by atoms with Gasteiger partial charge in [0.1, 0.15) is 0 Å². The van der Waals surface area contributed by atoms with E-state index in [0.717, 1.165) is 10.4 Å². The zero-order chi connectivity index (χ0) is 11.7. The van der Waals surface area contributed by atoms with Gasteiger partial charge in [-0.25, -0.2) is 0 Å². The van der Waals surface area contributed by atoms with Crippen LogP contribution in [0.15, 0.2) is 22.0 Å². The maximum absolute atomic E-state index is 11.2. The van der Waals surface area contributed by atoms with Crippen LogP contribution >= 0.6 is 11.3 Å². The maximum atomic E-state index is 11.2. The lowest BCUT2D eigenvalue weighted by Crippen LogP contribution is -2.14. The molecular formula is C11H12N2O2S. The quantitative estimate of drug-likeness (QED) is 0.890. The lowest BCUT2D eigenvalue weighted by atomic mass is 10.00. The van der Waals surface area contributed by atoms with Crippen LogP contribution in [0, 0.1) is 0 Å². The fourth-order valence-electron chi connectivity index (χ4n) is 1.60. The largest absolute Gasteiger partial charge is 0.364 e. The summed E-state index contributed by atoms with van der Waals surface area (Å²) in [6.45, 7) is 3.96. The molecule has 0 radical (unpaired) electrons. The number of hydrogen-bond acceptors (Lipinski definition) is 4. The van der Waals surface area contributed by atoms with E-state index in [9.17, 15) is 4.79 Å². The van der Waals surface area contributed by atoms with Gasteiger partial charge in [-0.05, 0) is 17.4 Å². The molecule has 2 N–H and O–H groups in total. The molecule has 0 spiro atoms. The molecule has 0 aromatic carbocycles. The predicted molar refractivity (Wildman–Crippen MR) is 62.4 cm³/mol. The number of thiophene rings is 1. The number of amides is 1. The number of hydrogen-bond donors (Lipinski definition) is 1. The van der Waals surface area contributed by atoms with E-state index in [4.69, 9.17) is 10.3 Å². The zero-order valence-corrected chi connectivity index (χ0v) is 9.88. The van der Waals surface area contributed by atoms with Crippen molar-refractivity contribution >= 4 is 17.2 Å². The van der Waals surface area contributed by atoms with Crippen molar-refractivity contribution in [1.29, 1.82) is 0 Å². The van der Waals surface area contributed by atoms with Gasteiger partial charge in [0.15, 0.2) is 11.5 Å². The molecule has 0 atom stereocenters. The second-order valence-electron chi connectivity index (χ2n) is 3.77. The van der Waals surface area contributed by atoms with Crippen molar-refractivity contribution in [3.63, 3.8) is 0 Å². The summed E-state index contributed by atoms with van der Waals surface area (Å²) < 4.78 is 5.22. The summed E-state index contributed by atoms with van der Waals surface area (Å²) in [4.78, 5) is 12.2. The summed E-state index contributed by atoms with van der Waals surface area (Å²) in [6.07, 6.45) is 0. The van der Waals surface area contributed by atoms with Crippen LogP contribution in [0.1, 0.15) is 35.8 Å². The first-order valence-corrected chi connectivity index (χ1v) is 5.82. The molecule has 16 heavy (non-hydrogen) atoms. The summed E-state index contributed by atoms with van der Waals surface area (Å²) in [5.41, 5.74) is 6.28. The summed E-state index contributed by atoms with van der Waals surface area (Å²) in [5, 5.41) is 5.70. The Morgan fingerprint density at radius 3 is 2.81 bits per heavy atom. The van der Waals surface area contributed by atoms with Crippen LogP contribution in [0.5, 0.6) is 0 Å². The highest BCUT2D eigenvalue weighted by atomic mass is 32.1. The zero-order valence-electron chi connectivity index (χ0n) is 9.06. The van der Waals surface area contributed by atoms with E-state index in [1.807, 2.05) is 31.4 Å². The number of nitrogens with zero attached hydrogens (tertiary/aromatic N) is 1. The van der Waals surface area contributed by atoms with E-state index in [1.54, 1.807) is 11.3 Å². The van der Waals surface area contributed by atoms with Crippen LogP contribution in [0.2, 0.25) is 0 Å². The van der Waals surface area contributed by atoms with Crippen LogP contribution in [-0.4, -0.2) is 11.1 Å². The van der Waals surface area contributed by atoms with Crippen LogP contribution in [-0.2, 0) is 0 Å². The second-order valence-corrected chi connectivity index (χ2v) is 4.72. The van der Waals surface area contributed by atoms with Crippen LogP contribution < -0.4 is 5.73 Å². The van der Waals surface area contributed by atoms with E-state index in [-0.39, 0.29) is 11.6 Å². The molecule has 0 unspecified atom stereocenters. The Labute approximate surface area is 97.1 Å². The summed E-state index contributed by atoms with van der Waals surface area (Å²) in [6, 6.07) is 3.86. The maximum Gasteiger partial charge on any atom is 0.271 e. The molecule has 84 valence electrons. The van der Waals surface area contributed by atoms with E-state index in [0.29, 0.717) is 5.76 Å². The first kappa shape index (κ1) is 10.9. The minimum atomic E-state index is -0.546. The molecule has 0 bridgehead atoms. The van der Waals surface area contributed by atoms with Crippen molar-refractivity contribution in [2.45, 2.75) is 19.8 Å². The number of primary amides is 1. The van der Waals surface area contributed by atoms with E-state index in [2.05, 4.69) is 5.16 Å². The Balaban J connectivity index is 2.59. The van der Waals surface area contributed by atoms with Crippen molar-refractivity contribution in [1.82, 2.24) is 5.16 Å². The molecule has 2 heterocycles. The first-order chi connectivity index (χ1) is 7.61. The van der Waals surface area contributed by atoms with Crippen LogP contribution in [0.3, 0.4) is 0 Å². The smallest absolute Gasteiger partial charge is 0.271 e. The van der Waals surface area contributed by atoms with Gasteiger partial charge in [0.2, 0.25) is 0 Å². The van der Waals surface area contributed by atoms with Crippen molar-refractivity contribution in [3.8, 4) is 10.6 Å². The molecule has 0 aliphatic carbocycles. The van der Waals surface area contributed by atoms with E-state index < -0.39 is 5.91 Å². The van der Waals surface area contributed by atoms with Crippen molar-refractivity contribution < 1.29 is 9.32 Å². The molecule has 0 fully saturated rings. The molecule has 0 aliphatic rings. The lowest BCUT2D eigenvalue weighted by Gasteiger charge is -2.04. The van der Waals surface area contributed by atoms with Gasteiger partial charge in [-0.2, -0.15) is 0 Å². The molecule has 2 aromatic rings. The number of nitrogens with two attached hydrogens (primary N) is 1. The van der Waals surface area contributed by atoms with Gasteiger partial charge < -0.3 is 10.3 Å². The molecule has 5 heteroatoms. The summed E-state index contributed by atoms with van der Waals surface area (Å²) in [7, 11) is 0. The molecular weight excluding hydrogens is 224 g/mol. The first-order valence-electron chi connectivity index (χ1n) is 4.94. The second kappa shape index (κ2) is 4.09. The Morgan fingerprint density at radius 1 is 1.56 bits per heavy atom. The average Bonchev–Trinajstić information content (AvgIpc) is 2.85. The molecule has 0 saturated carbocycles. The molecule has 2 aromatic heterocycles. The lowest BCUT2D eigenvalue weighted by molar-refractivity contribution is 0.0990. The highest BCUT2D eigenvalue weighted by molar-refractivity contribution is 7.13. The minimum Gasteiger partial charge on any atom is -0.364 e. The monoisotopic (exact) mass is 236 g/mol. The Bertz CT molecular complexity index is 500. The number of aromatic nitrogens is 1. The van der Waals surface area contributed by atoms with Crippen molar-refractivity contribution in [3.05, 3.63) is 28.8 Å². The van der Waals surface area contributed by atoms with E-state index >= 15 is 0 Å². The predicted octanol–water partition coefficient (Wildman–Crippen LogP) is 2.63. The van der Waals surface area contributed by atoms with Gasteiger partial charge >= 0.3 is 0 Å². The van der Waals surface area contributed by atoms with E-state index in [1.165, 1.54) is 0 Å². The number of rotatable bonds is 3. The Kier molecular flexibility index (Phi) is 2.78. The van der Waals surface area contributed by atoms with Gasteiger partial charge in [-0.3, -0.25) is 4.79 Å². The molecule has 0 saturated heterocycles. The fourth-order valence-corrected chi connectivity index (χ4v) is 2.31.